The predicted octanol–water partition coefficient (Wildman–Crippen LogP) is 1.59. The number of aryl methyl sites for hydroxylation is 1. The molecule has 1 aliphatic rings. The lowest BCUT2D eigenvalue weighted by atomic mass is 10.1. The van der Waals surface area contributed by atoms with Gasteiger partial charge in [-0.25, -0.2) is 4.79 Å². The van der Waals surface area contributed by atoms with E-state index in [4.69, 9.17) is 14.4 Å². The Hall–Kier alpha value is -2.22. The molecule has 7 nitrogen and oxygen atoms in total. The molecule has 0 unspecified atom stereocenters. The second-order valence-corrected chi connectivity index (χ2v) is 6.96. The summed E-state index contributed by atoms with van der Waals surface area (Å²) >= 11 is 0. The molecule has 2 rings (SSSR count). The average Bonchev–Trinajstić information content (AvgIpc) is 2.53. The Morgan fingerprint density at radius 3 is 2.24 bits per heavy atom. The minimum absolute atomic E-state index is 0.0825. The van der Waals surface area contributed by atoms with Crippen LogP contribution in [0.25, 0.3) is 0 Å². The van der Waals surface area contributed by atoms with Gasteiger partial charge in [-0.2, -0.15) is 0 Å². The summed E-state index contributed by atoms with van der Waals surface area (Å²) < 4.78 is 10.3. The van der Waals surface area contributed by atoms with Crippen molar-refractivity contribution in [3.05, 3.63) is 29.3 Å². The Balaban J connectivity index is 1.96. The maximum Gasteiger partial charge on any atom is 0.569 e. The zero-order chi connectivity index (χ0) is 18.6. The lowest BCUT2D eigenvalue weighted by Gasteiger charge is -2.35. The van der Waals surface area contributed by atoms with Gasteiger partial charge in [0.2, 0.25) is 0 Å². The molecule has 8 heteroatoms. The lowest BCUT2D eigenvalue weighted by molar-refractivity contribution is 0.0140. The first kappa shape index (κ1) is 19.1. The monoisotopic (exact) mass is 347 g/mol. The quantitative estimate of drug-likeness (QED) is 0.840. The SMILES string of the molecule is Cc1cc(O[B]O)ccc1C(=O)N1CCN(C(=O)OC(C)(C)C)CC1. The zero-order valence-corrected chi connectivity index (χ0v) is 15.1. The molecule has 0 bridgehead atoms. The van der Waals surface area contributed by atoms with Gasteiger partial charge in [0.15, 0.2) is 0 Å². The van der Waals surface area contributed by atoms with Crippen molar-refractivity contribution in [2.24, 2.45) is 0 Å². The van der Waals surface area contributed by atoms with Crippen molar-refractivity contribution < 1.29 is 24.0 Å². The van der Waals surface area contributed by atoms with Crippen LogP contribution in [0.2, 0.25) is 0 Å². The Labute approximate surface area is 148 Å². The molecule has 2 amide bonds. The molecular weight excluding hydrogens is 323 g/mol. The van der Waals surface area contributed by atoms with Gasteiger partial charge in [-0.3, -0.25) is 4.79 Å². The van der Waals surface area contributed by atoms with Gasteiger partial charge in [-0.05, 0) is 51.5 Å². The van der Waals surface area contributed by atoms with Crippen molar-refractivity contribution in [1.29, 1.82) is 0 Å². The molecule has 0 spiro atoms. The summed E-state index contributed by atoms with van der Waals surface area (Å²) in [6.07, 6.45) is -0.350. The molecule has 1 N–H and O–H groups in total. The summed E-state index contributed by atoms with van der Waals surface area (Å²) in [5.41, 5.74) is 0.812. The molecule has 1 radical (unpaired) electrons. The number of hydrogen-bond donors (Lipinski definition) is 1. The van der Waals surface area contributed by atoms with Crippen molar-refractivity contribution in [1.82, 2.24) is 9.80 Å². The first-order chi connectivity index (χ1) is 11.7. The van der Waals surface area contributed by atoms with Gasteiger partial charge in [0.05, 0.1) is 0 Å². The summed E-state index contributed by atoms with van der Waals surface area (Å²) in [5.74, 6) is 0.382. The summed E-state index contributed by atoms with van der Waals surface area (Å²) in [5, 5.41) is 8.67. The summed E-state index contributed by atoms with van der Waals surface area (Å²) in [6.45, 7) is 9.11. The number of rotatable bonds is 3. The fourth-order valence-corrected chi connectivity index (χ4v) is 2.60. The van der Waals surface area contributed by atoms with Gasteiger partial charge < -0.3 is 24.2 Å². The fourth-order valence-electron chi connectivity index (χ4n) is 2.60. The van der Waals surface area contributed by atoms with Crippen molar-refractivity contribution in [3.63, 3.8) is 0 Å². The number of hydrogen-bond acceptors (Lipinski definition) is 5. The van der Waals surface area contributed by atoms with E-state index in [1.165, 1.54) is 0 Å². The highest BCUT2D eigenvalue weighted by Gasteiger charge is 2.28. The van der Waals surface area contributed by atoms with Gasteiger partial charge in [0.1, 0.15) is 11.4 Å². The van der Waals surface area contributed by atoms with Crippen LogP contribution in [0.5, 0.6) is 5.75 Å². The second-order valence-electron chi connectivity index (χ2n) is 6.96. The Morgan fingerprint density at radius 2 is 1.72 bits per heavy atom. The molecule has 0 aromatic heterocycles. The van der Waals surface area contributed by atoms with Crippen LogP contribution in [0.4, 0.5) is 4.79 Å². The van der Waals surface area contributed by atoms with Crippen molar-refractivity contribution >= 4 is 19.7 Å². The molecule has 135 valence electrons. The van der Waals surface area contributed by atoms with Crippen molar-refractivity contribution in [2.45, 2.75) is 33.3 Å². The maximum absolute atomic E-state index is 12.7. The fraction of sp³-hybridized carbons (Fsp3) is 0.529. The van der Waals surface area contributed by atoms with Crippen LogP contribution < -0.4 is 4.65 Å². The number of nitrogens with zero attached hydrogens (tertiary/aromatic N) is 2. The van der Waals surface area contributed by atoms with E-state index in [1.807, 2.05) is 27.7 Å². The van der Waals surface area contributed by atoms with E-state index in [2.05, 4.69) is 0 Å². The van der Waals surface area contributed by atoms with Gasteiger partial charge in [-0.15, -0.1) is 0 Å². The minimum Gasteiger partial charge on any atom is -0.537 e. The Bertz CT molecular complexity index is 636. The molecule has 1 fully saturated rings. The number of piperazine rings is 1. The highest BCUT2D eigenvalue weighted by atomic mass is 16.6. The third-order valence-corrected chi connectivity index (χ3v) is 3.84. The van der Waals surface area contributed by atoms with Gasteiger partial charge in [0.25, 0.3) is 5.91 Å². The van der Waals surface area contributed by atoms with Gasteiger partial charge >= 0.3 is 13.8 Å². The second kappa shape index (κ2) is 7.78. The molecule has 1 aromatic rings. The van der Waals surface area contributed by atoms with Gasteiger partial charge in [0, 0.05) is 31.7 Å². The lowest BCUT2D eigenvalue weighted by Crippen LogP contribution is -2.51. The Morgan fingerprint density at radius 1 is 1.12 bits per heavy atom. The zero-order valence-electron chi connectivity index (χ0n) is 15.1. The number of amides is 2. The number of benzene rings is 1. The highest BCUT2D eigenvalue weighted by Crippen LogP contribution is 2.20. The van der Waals surface area contributed by atoms with Gasteiger partial charge in [-0.1, -0.05) is 0 Å². The first-order valence-corrected chi connectivity index (χ1v) is 8.21. The highest BCUT2D eigenvalue weighted by molar-refractivity contribution is 6.17. The van der Waals surface area contributed by atoms with Crippen LogP contribution in [0, 0.1) is 6.92 Å². The topological polar surface area (TPSA) is 79.3 Å². The van der Waals surface area contributed by atoms with Crippen LogP contribution in [0.1, 0.15) is 36.7 Å². The normalized spacial score (nSPS) is 14.9. The third-order valence-electron chi connectivity index (χ3n) is 3.84. The van der Waals surface area contributed by atoms with E-state index in [0.29, 0.717) is 45.2 Å². The van der Waals surface area contributed by atoms with E-state index in [9.17, 15) is 9.59 Å². The van der Waals surface area contributed by atoms with Crippen LogP contribution in [-0.4, -0.2) is 66.3 Å². The molecule has 0 saturated carbocycles. The molecule has 0 aliphatic carbocycles. The van der Waals surface area contributed by atoms with E-state index in [-0.39, 0.29) is 12.0 Å². The third kappa shape index (κ3) is 5.13. The minimum atomic E-state index is -0.531. The van der Waals surface area contributed by atoms with Crippen LogP contribution in [0.3, 0.4) is 0 Å². The molecule has 0 atom stereocenters. The smallest absolute Gasteiger partial charge is 0.537 e. The van der Waals surface area contributed by atoms with Crippen molar-refractivity contribution in [2.75, 3.05) is 26.2 Å². The van der Waals surface area contributed by atoms with E-state index >= 15 is 0 Å². The molecule has 1 saturated heterocycles. The molecule has 1 aliphatic heterocycles. The largest absolute Gasteiger partial charge is 0.569 e. The maximum atomic E-state index is 12.7. The Kier molecular flexibility index (Phi) is 5.95. The number of carbonyl (C=O) groups excluding carboxylic acids is 2. The number of ether oxygens (including phenoxy) is 1. The molecule has 25 heavy (non-hydrogen) atoms. The first-order valence-electron chi connectivity index (χ1n) is 8.21. The van der Waals surface area contributed by atoms with E-state index in [1.54, 1.807) is 28.0 Å². The van der Waals surface area contributed by atoms with E-state index < -0.39 is 5.60 Å². The molecular formula is C17H24BN2O5. The van der Waals surface area contributed by atoms with Crippen LogP contribution in [-0.2, 0) is 4.74 Å². The molecule has 1 heterocycles. The number of carbonyl (C=O) groups is 2. The summed E-state index contributed by atoms with van der Waals surface area (Å²) in [6, 6.07) is 5.00. The van der Waals surface area contributed by atoms with Crippen molar-refractivity contribution in [3.8, 4) is 5.75 Å². The molecule has 1 aromatic carbocycles. The predicted molar refractivity (Wildman–Crippen MR) is 93.5 cm³/mol. The summed E-state index contributed by atoms with van der Waals surface area (Å²) in [7, 11) is 0.603. The standard InChI is InChI=1S/C17H24BN2O5/c1-12-11-13(25-18-23)5-6-14(12)15(21)19-7-9-20(10-8-19)16(22)24-17(2,3)4/h5-6,11,23H,7-10H2,1-4H3. The van der Waals surface area contributed by atoms with E-state index in [0.717, 1.165) is 5.56 Å². The van der Waals surface area contributed by atoms with Crippen LogP contribution >= 0.6 is 0 Å². The average molecular weight is 347 g/mol. The van der Waals surface area contributed by atoms with Crippen LogP contribution in [0.15, 0.2) is 18.2 Å². The summed E-state index contributed by atoms with van der Waals surface area (Å²) in [4.78, 5) is 28.1.